The van der Waals surface area contributed by atoms with E-state index in [4.69, 9.17) is 0 Å². The van der Waals surface area contributed by atoms with Crippen LogP contribution in [0.15, 0.2) is 0 Å². The fourth-order valence-corrected chi connectivity index (χ4v) is 2.51. The number of nitrogens with zero attached hydrogens (tertiary/aromatic N) is 1. The lowest BCUT2D eigenvalue weighted by molar-refractivity contribution is -0.134. The van der Waals surface area contributed by atoms with Crippen molar-refractivity contribution in [1.82, 2.24) is 10.2 Å². The van der Waals surface area contributed by atoms with E-state index in [0.717, 1.165) is 32.5 Å². The highest BCUT2D eigenvalue weighted by atomic mass is 16.2. The highest BCUT2D eigenvalue weighted by Crippen LogP contribution is 2.12. The number of hydrogen-bond acceptors (Lipinski definition) is 2. The molecule has 0 atom stereocenters. The van der Waals surface area contributed by atoms with E-state index in [9.17, 15) is 4.79 Å². The number of nitrogens with one attached hydrogen (secondary N) is 1. The largest absolute Gasteiger partial charge is 0.337 e. The summed E-state index contributed by atoms with van der Waals surface area (Å²) in [5.74, 6) is 0.359. The van der Waals surface area contributed by atoms with Crippen molar-refractivity contribution in [1.29, 1.82) is 0 Å². The lowest BCUT2D eigenvalue weighted by atomic mass is 10.1. The molecule has 3 heteroatoms. The second-order valence-corrected chi connectivity index (χ2v) is 5.36. The van der Waals surface area contributed by atoms with Gasteiger partial charge < -0.3 is 10.2 Å². The molecule has 0 aromatic carbocycles. The first-order valence-corrected chi connectivity index (χ1v) is 7.79. The highest BCUT2D eigenvalue weighted by molar-refractivity contribution is 5.76. The standard InChI is InChI=1S/C15H30N2O/c1-3-5-6-7-8-9-10-11-15(18)17(4-2)14-12-16-13-14/h14,16H,3-13H2,1-2H3. The van der Waals surface area contributed by atoms with E-state index < -0.39 is 0 Å². The molecule has 0 saturated carbocycles. The molecule has 1 saturated heterocycles. The summed E-state index contributed by atoms with van der Waals surface area (Å²) in [6.07, 6.45) is 9.70. The zero-order valence-corrected chi connectivity index (χ0v) is 12.2. The van der Waals surface area contributed by atoms with E-state index in [-0.39, 0.29) is 0 Å². The van der Waals surface area contributed by atoms with Crippen LogP contribution in [0.25, 0.3) is 0 Å². The predicted molar refractivity (Wildman–Crippen MR) is 76.7 cm³/mol. The van der Waals surface area contributed by atoms with Crippen molar-refractivity contribution in [2.24, 2.45) is 0 Å². The maximum Gasteiger partial charge on any atom is 0.222 e. The van der Waals surface area contributed by atoms with Gasteiger partial charge >= 0.3 is 0 Å². The molecule has 18 heavy (non-hydrogen) atoms. The van der Waals surface area contributed by atoms with Gasteiger partial charge in [0.1, 0.15) is 0 Å². The Morgan fingerprint density at radius 3 is 2.17 bits per heavy atom. The van der Waals surface area contributed by atoms with E-state index in [0.29, 0.717) is 11.9 Å². The van der Waals surface area contributed by atoms with Gasteiger partial charge in [0.15, 0.2) is 0 Å². The monoisotopic (exact) mass is 254 g/mol. The second kappa shape index (κ2) is 9.37. The molecule has 0 aromatic heterocycles. The summed E-state index contributed by atoms with van der Waals surface area (Å²) < 4.78 is 0. The van der Waals surface area contributed by atoms with Crippen LogP contribution in [0, 0.1) is 0 Å². The minimum absolute atomic E-state index is 0.359. The van der Waals surface area contributed by atoms with Crippen LogP contribution in [-0.2, 0) is 4.79 Å². The first-order chi connectivity index (χ1) is 8.79. The quantitative estimate of drug-likeness (QED) is 0.608. The average Bonchev–Trinajstić information content (AvgIpc) is 2.32. The number of rotatable bonds is 10. The van der Waals surface area contributed by atoms with Crippen molar-refractivity contribution in [2.75, 3.05) is 19.6 Å². The molecule has 1 heterocycles. The first kappa shape index (κ1) is 15.5. The molecule has 1 aliphatic rings. The molecule has 1 fully saturated rings. The Morgan fingerprint density at radius 2 is 1.67 bits per heavy atom. The molecule has 0 spiro atoms. The lowest BCUT2D eigenvalue weighted by Crippen LogP contribution is -2.58. The zero-order valence-electron chi connectivity index (χ0n) is 12.2. The molecule has 1 rings (SSSR count). The summed E-state index contributed by atoms with van der Waals surface area (Å²) >= 11 is 0. The van der Waals surface area contributed by atoms with Crippen molar-refractivity contribution < 1.29 is 4.79 Å². The first-order valence-electron chi connectivity index (χ1n) is 7.79. The number of hydrogen-bond donors (Lipinski definition) is 1. The zero-order chi connectivity index (χ0) is 13.2. The van der Waals surface area contributed by atoms with Gasteiger partial charge in [0.25, 0.3) is 0 Å². The topological polar surface area (TPSA) is 32.3 Å². The van der Waals surface area contributed by atoms with Crippen molar-refractivity contribution in [3.05, 3.63) is 0 Å². The number of carbonyl (C=O) groups is 1. The van der Waals surface area contributed by atoms with E-state index >= 15 is 0 Å². The third kappa shape index (κ3) is 5.38. The Bertz CT molecular complexity index is 227. The maximum atomic E-state index is 12.0. The molecule has 0 radical (unpaired) electrons. The molecule has 3 nitrogen and oxygen atoms in total. The summed E-state index contributed by atoms with van der Waals surface area (Å²) in [6.45, 7) is 7.16. The van der Waals surface area contributed by atoms with Gasteiger partial charge in [0, 0.05) is 26.1 Å². The van der Waals surface area contributed by atoms with Gasteiger partial charge in [-0.05, 0) is 13.3 Å². The van der Waals surface area contributed by atoms with Crippen LogP contribution >= 0.6 is 0 Å². The van der Waals surface area contributed by atoms with Crippen molar-refractivity contribution in [3.63, 3.8) is 0 Å². The second-order valence-electron chi connectivity index (χ2n) is 5.36. The van der Waals surface area contributed by atoms with Gasteiger partial charge in [-0.15, -0.1) is 0 Å². The van der Waals surface area contributed by atoms with Crippen molar-refractivity contribution in [3.8, 4) is 0 Å². The minimum Gasteiger partial charge on any atom is -0.337 e. The number of unbranched alkanes of at least 4 members (excludes halogenated alkanes) is 6. The van der Waals surface area contributed by atoms with Crippen LogP contribution in [0.3, 0.4) is 0 Å². The van der Waals surface area contributed by atoms with Gasteiger partial charge in [0.2, 0.25) is 5.91 Å². The molecular formula is C15H30N2O. The van der Waals surface area contributed by atoms with Crippen LogP contribution in [0.5, 0.6) is 0 Å². The summed E-state index contributed by atoms with van der Waals surface area (Å²) in [4.78, 5) is 14.1. The third-order valence-corrected chi connectivity index (χ3v) is 3.86. The van der Waals surface area contributed by atoms with Crippen molar-refractivity contribution >= 4 is 5.91 Å². The molecule has 0 unspecified atom stereocenters. The molecule has 0 bridgehead atoms. The van der Waals surface area contributed by atoms with E-state index in [1.54, 1.807) is 0 Å². The van der Waals surface area contributed by atoms with Crippen LogP contribution in [0.4, 0.5) is 0 Å². The molecule has 106 valence electrons. The summed E-state index contributed by atoms with van der Waals surface area (Å²) in [5, 5.41) is 3.23. The smallest absolute Gasteiger partial charge is 0.222 e. The van der Waals surface area contributed by atoms with Crippen LogP contribution in [0.1, 0.15) is 65.2 Å². The van der Waals surface area contributed by atoms with E-state index in [1.807, 2.05) is 4.90 Å². The molecule has 1 aliphatic heterocycles. The fraction of sp³-hybridized carbons (Fsp3) is 0.933. The SMILES string of the molecule is CCCCCCCCCC(=O)N(CC)C1CNC1. The van der Waals surface area contributed by atoms with Gasteiger partial charge in [0.05, 0.1) is 6.04 Å². The summed E-state index contributed by atoms with van der Waals surface area (Å²) in [6, 6.07) is 0.465. The van der Waals surface area contributed by atoms with Gasteiger partial charge in [-0.3, -0.25) is 4.79 Å². The van der Waals surface area contributed by atoms with E-state index in [1.165, 1.54) is 38.5 Å². The summed E-state index contributed by atoms with van der Waals surface area (Å²) in [5.41, 5.74) is 0. The van der Waals surface area contributed by atoms with Gasteiger partial charge in [-0.25, -0.2) is 0 Å². The van der Waals surface area contributed by atoms with Crippen molar-refractivity contribution in [2.45, 2.75) is 71.3 Å². The predicted octanol–water partition coefficient (Wildman–Crippen LogP) is 2.95. The Hall–Kier alpha value is -0.570. The molecule has 0 aromatic rings. The van der Waals surface area contributed by atoms with Crippen LogP contribution in [-0.4, -0.2) is 36.5 Å². The highest BCUT2D eigenvalue weighted by Gasteiger charge is 2.26. The van der Waals surface area contributed by atoms with Crippen LogP contribution in [0.2, 0.25) is 0 Å². The van der Waals surface area contributed by atoms with Gasteiger partial charge in [-0.1, -0.05) is 45.4 Å². The third-order valence-electron chi connectivity index (χ3n) is 3.86. The Kier molecular flexibility index (Phi) is 8.06. The summed E-state index contributed by atoms with van der Waals surface area (Å²) in [7, 11) is 0. The molecular weight excluding hydrogens is 224 g/mol. The number of amides is 1. The Labute approximate surface area is 112 Å². The normalized spacial score (nSPS) is 15.4. The van der Waals surface area contributed by atoms with E-state index in [2.05, 4.69) is 19.2 Å². The minimum atomic E-state index is 0.359. The maximum absolute atomic E-state index is 12.0. The Balaban J connectivity index is 2.01. The Morgan fingerprint density at radius 1 is 1.06 bits per heavy atom. The number of likely N-dealkylation sites (N-methyl/N-ethyl adjacent to an activating group) is 1. The molecule has 0 aliphatic carbocycles. The molecule has 1 N–H and O–H groups in total. The fourth-order valence-electron chi connectivity index (χ4n) is 2.51. The van der Waals surface area contributed by atoms with Crippen LogP contribution < -0.4 is 5.32 Å². The number of carbonyl (C=O) groups excluding carboxylic acids is 1. The molecule has 1 amide bonds. The lowest BCUT2D eigenvalue weighted by Gasteiger charge is -2.37. The average molecular weight is 254 g/mol. The van der Waals surface area contributed by atoms with Gasteiger partial charge in [-0.2, -0.15) is 0 Å².